The van der Waals surface area contributed by atoms with Gasteiger partial charge in [0, 0.05) is 19.7 Å². The van der Waals surface area contributed by atoms with E-state index in [0.29, 0.717) is 11.6 Å². The predicted molar refractivity (Wildman–Crippen MR) is 75.5 cm³/mol. The summed E-state index contributed by atoms with van der Waals surface area (Å²) in [5.41, 5.74) is 0.193. The van der Waals surface area contributed by atoms with E-state index < -0.39 is 5.97 Å². The first-order valence-corrected chi connectivity index (χ1v) is 6.33. The van der Waals surface area contributed by atoms with Crippen molar-refractivity contribution in [2.75, 3.05) is 30.4 Å². The van der Waals surface area contributed by atoms with Gasteiger partial charge in [-0.1, -0.05) is 20.8 Å². The first kappa shape index (κ1) is 15.2. The summed E-state index contributed by atoms with van der Waals surface area (Å²) in [4.78, 5) is 20.4. The Morgan fingerprint density at radius 2 is 2.16 bits per heavy atom. The summed E-state index contributed by atoms with van der Waals surface area (Å²) in [6, 6.07) is 1.76. The molecule has 6 nitrogen and oxygen atoms in total. The molecule has 1 aromatic rings. The van der Waals surface area contributed by atoms with Gasteiger partial charge in [0.1, 0.15) is 24.5 Å². The number of nitrogens with zero attached hydrogens (tertiary/aromatic N) is 3. The van der Waals surface area contributed by atoms with Gasteiger partial charge in [-0.05, 0) is 11.8 Å². The van der Waals surface area contributed by atoms with Crippen molar-refractivity contribution in [1.82, 2.24) is 9.97 Å². The Hall–Kier alpha value is -1.85. The van der Waals surface area contributed by atoms with Crippen molar-refractivity contribution in [3.63, 3.8) is 0 Å². The number of rotatable bonds is 7. The Labute approximate surface area is 113 Å². The highest BCUT2D eigenvalue weighted by Gasteiger charge is 2.15. The fourth-order valence-corrected chi connectivity index (χ4v) is 1.39. The van der Waals surface area contributed by atoms with Crippen LogP contribution in [0.15, 0.2) is 12.4 Å². The van der Waals surface area contributed by atoms with Gasteiger partial charge in [0.2, 0.25) is 0 Å². The molecular formula is C13H22N4O2. The third-order valence-electron chi connectivity index (χ3n) is 3.12. The molecule has 0 amide bonds. The molecule has 0 radical (unpaired) electrons. The van der Waals surface area contributed by atoms with E-state index in [0.717, 1.165) is 13.0 Å². The summed E-state index contributed by atoms with van der Waals surface area (Å²) in [7, 11) is 1.69. The van der Waals surface area contributed by atoms with E-state index in [1.54, 1.807) is 18.0 Å². The molecule has 0 unspecified atom stereocenters. The van der Waals surface area contributed by atoms with Crippen LogP contribution < -0.4 is 10.2 Å². The third kappa shape index (κ3) is 5.11. The highest BCUT2D eigenvalue weighted by molar-refractivity contribution is 5.73. The normalized spacial score (nSPS) is 11.2. The number of hydrogen-bond acceptors (Lipinski definition) is 5. The largest absolute Gasteiger partial charge is 0.480 e. The Morgan fingerprint density at radius 1 is 1.47 bits per heavy atom. The van der Waals surface area contributed by atoms with Crippen LogP contribution in [0.2, 0.25) is 0 Å². The smallest absolute Gasteiger partial charge is 0.323 e. The molecule has 6 heteroatoms. The average molecular weight is 266 g/mol. The molecule has 1 heterocycles. The molecule has 0 bridgehead atoms. The summed E-state index contributed by atoms with van der Waals surface area (Å²) in [5, 5.41) is 12.0. The van der Waals surface area contributed by atoms with Gasteiger partial charge in [0.25, 0.3) is 0 Å². The second kappa shape index (κ2) is 6.36. The van der Waals surface area contributed by atoms with Crippen LogP contribution in [0.5, 0.6) is 0 Å². The molecule has 106 valence electrons. The molecule has 2 N–H and O–H groups in total. The van der Waals surface area contributed by atoms with Gasteiger partial charge in [-0.2, -0.15) is 0 Å². The van der Waals surface area contributed by atoms with Gasteiger partial charge < -0.3 is 15.3 Å². The lowest BCUT2D eigenvalue weighted by Gasteiger charge is -2.23. The predicted octanol–water partition coefficient (Wildman–Crippen LogP) is 1.85. The Bertz CT molecular complexity index is 434. The van der Waals surface area contributed by atoms with Crippen LogP contribution >= 0.6 is 0 Å². The SMILES string of the molecule is CCC(C)(C)CNc1cc(N(C)CC(=O)O)ncn1. The molecule has 1 rings (SSSR count). The van der Waals surface area contributed by atoms with Gasteiger partial charge in [0.15, 0.2) is 0 Å². The number of carboxylic acids is 1. The zero-order valence-electron chi connectivity index (χ0n) is 12.0. The van der Waals surface area contributed by atoms with Crippen LogP contribution in [0.25, 0.3) is 0 Å². The molecule has 0 aliphatic rings. The van der Waals surface area contributed by atoms with Crippen LogP contribution in [0.1, 0.15) is 27.2 Å². The number of anilines is 2. The van der Waals surface area contributed by atoms with Gasteiger partial charge in [-0.25, -0.2) is 9.97 Å². The summed E-state index contributed by atoms with van der Waals surface area (Å²) in [6.07, 6.45) is 2.51. The summed E-state index contributed by atoms with van der Waals surface area (Å²) in [6.45, 7) is 7.23. The number of likely N-dealkylation sites (N-methyl/N-ethyl adjacent to an activating group) is 1. The van der Waals surface area contributed by atoms with Gasteiger partial charge >= 0.3 is 5.97 Å². The van der Waals surface area contributed by atoms with Gasteiger partial charge in [0.05, 0.1) is 0 Å². The second-order valence-electron chi connectivity index (χ2n) is 5.38. The lowest BCUT2D eigenvalue weighted by atomic mass is 9.90. The Morgan fingerprint density at radius 3 is 2.74 bits per heavy atom. The van der Waals surface area contributed by atoms with E-state index in [9.17, 15) is 4.79 Å². The van der Waals surface area contributed by atoms with Crippen LogP contribution in [0.4, 0.5) is 11.6 Å². The number of aliphatic carboxylic acids is 1. The second-order valence-corrected chi connectivity index (χ2v) is 5.38. The average Bonchev–Trinajstić information content (AvgIpc) is 2.36. The van der Waals surface area contributed by atoms with E-state index in [1.165, 1.54) is 6.33 Å². The number of carbonyl (C=O) groups is 1. The highest BCUT2D eigenvalue weighted by Crippen LogP contribution is 2.20. The molecule has 0 saturated carbocycles. The molecule has 0 aliphatic carbocycles. The van der Waals surface area contributed by atoms with Crippen molar-refractivity contribution in [3.8, 4) is 0 Å². The van der Waals surface area contributed by atoms with E-state index in [1.807, 2.05) is 0 Å². The maximum atomic E-state index is 10.7. The molecule has 0 aromatic carbocycles. The lowest BCUT2D eigenvalue weighted by molar-refractivity contribution is -0.135. The standard InChI is InChI=1S/C13H22N4O2/c1-5-13(2,3)8-14-10-6-11(16-9-15-10)17(4)7-12(18)19/h6,9H,5,7-8H2,1-4H3,(H,18,19)(H,14,15,16). The molecule has 0 fully saturated rings. The summed E-state index contributed by atoms with van der Waals surface area (Å²) >= 11 is 0. The van der Waals surface area contributed by atoms with Gasteiger partial charge in [-0.3, -0.25) is 4.79 Å². The molecule has 19 heavy (non-hydrogen) atoms. The molecule has 0 aliphatic heterocycles. The van der Waals surface area contributed by atoms with Crippen molar-refractivity contribution in [2.45, 2.75) is 27.2 Å². The number of hydrogen-bond donors (Lipinski definition) is 2. The van der Waals surface area contributed by atoms with E-state index in [-0.39, 0.29) is 12.0 Å². The van der Waals surface area contributed by atoms with Crippen LogP contribution in [-0.2, 0) is 4.79 Å². The molecule has 0 atom stereocenters. The minimum atomic E-state index is -0.886. The lowest BCUT2D eigenvalue weighted by Crippen LogP contribution is -2.26. The van der Waals surface area contributed by atoms with E-state index in [4.69, 9.17) is 5.11 Å². The Kier molecular flexibility index (Phi) is 5.09. The fourth-order valence-electron chi connectivity index (χ4n) is 1.39. The zero-order chi connectivity index (χ0) is 14.5. The van der Waals surface area contributed by atoms with Crippen LogP contribution in [-0.4, -0.2) is 41.2 Å². The monoisotopic (exact) mass is 266 g/mol. The summed E-state index contributed by atoms with van der Waals surface area (Å²) < 4.78 is 0. The van der Waals surface area contributed by atoms with Gasteiger partial charge in [-0.15, -0.1) is 0 Å². The maximum absolute atomic E-state index is 10.7. The van der Waals surface area contributed by atoms with Crippen molar-refractivity contribution in [2.24, 2.45) is 5.41 Å². The van der Waals surface area contributed by atoms with Crippen molar-refractivity contribution in [3.05, 3.63) is 12.4 Å². The molecule has 1 aromatic heterocycles. The maximum Gasteiger partial charge on any atom is 0.323 e. The minimum Gasteiger partial charge on any atom is -0.480 e. The topological polar surface area (TPSA) is 78.4 Å². The number of nitrogens with one attached hydrogen (secondary N) is 1. The van der Waals surface area contributed by atoms with Crippen molar-refractivity contribution >= 4 is 17.6 Å². The van der Waals surface area contributed by atoms with E-state index in [2.05, 4.69) is 36.1 Å². The summed E-state index contributed by atoms with van der Waals surface area (Å²) in [5.74, 6) is 0.417. The van der Waals surface area contributed by atoms with Crippen molar-refractivity contribution in [1.29, 1.82) is 0 Å². The zero-order valence-corrected chi connectivity index (χ0v) is 12.0. The molecular weight excluding hydrogens is 244 g/mol. The van der Waals surface area contributed by atoms with E-state index >= 15 is 0 Å². The van der Waals surface area contributed by atoms with Crippen LogP contribution in [0.3, 0.4) is 0 Å². The highest BCUT2D eigenvalue weighted by atomic mass is 16.4. The first-order chi connectivity index (χ1) is 8.84. The minimum absolute atomic E-state index is 0.0864. The Balaban J connectivity index is 2.69. The fraction of sp³-hybridized carbons (Fsp3) is 0.615. The number of aromatic nitrogens is 2. The third-order valence-corrected chi connectivity index (χ3v) is 3.12. The molecule has 0 saturated heterocycles. The van der Waals surface area contributed by atoms with Crippen LogP contribution in [0, 0.1) is 5.41 Å². The number of carboxylic acid groups (broad SMARTS) is 1. The quantitative estimate of drug-likeness (QED) is 0.784. The molecule has 0 spiro atoms. The first-order valence-electron chi connectivity index (χ1n) is 6.33. The van der Waals surface area contributed by atoms with Crippen molar-refractivity contribution < 1.29 is 9.90 Å².